The number of rotatable bonds is 8. The van der Waals surface area contributed by atoms with E-state index < -0.39 is 5.41 Å². The molecule has 2 unspecified atom stereocenters. The highest BCUT2D eigenvalue weighted by Gasteiger charge is 2.54. The van der Waals surface area contributed by atoms with Crippen LogP contribution in [0.1, 0.15) is 31.2 Å². The van der Waals surface area contributed by atoms with E-state index in [1.165, 1.54) is 12.0 Å². The molecule has 1 aromatic carbocycles. The minimum Gasteiger partial charge on any atom is -0.497 e. The lowest BCUT2D eigenvalue weighted by Gasteiger charge is -2.35. The largest absolute Gasteiger partial charge is 0.497 e. The molecule has 2 aliphatic rings. The van der Waals surface area contributed by atoms with Gasteiger partial charge < -0.3 is 19.1 Å². The molecule has 8 nitrogen and oxygen atoms in total. The first-order valence-corrected chi connectivity index (χ1v) is 10.2. The summed E-state index contributed by atoms with van der Waals surface area (Å²) in [4.78, 5) is 42.5. The van der Waals surface area contributed by atoms with Crippen LogP contribution in [0.2, 0.25) is 0 Å². The third-order valence-electron chi connectivity index (χ3n) is 6.07. The van der Waals surface area contributed by atoms with Crippen LogP contribution in [0.25, 0.3) is 0 Å². The molecule has 30 heavy (non-hydrogen) atoms. The highest BCUT2D eigenvalue weighted by molar-refractivity contribution is 6.10. The van der Waals surface area contributed by atoms with Gasteiger partial charge in [0.05, 0.1) is 31.8 Å². The number of methoxy groups -OCH3 is 3. The lowest BCUT2D eigenvalue weighted by Crippen LogP contribution is -2.47. The summed E-state index contributed by atoms with van der Waals surface area (Å²) >= 11 is 0. The van der Waals surface area contributed by atoms with Crippen molar-refractivity contribution in [1.29, 1.82) is 0 Å². The lowest BCUT2D eigenvalue weighted by molar-refractivity contribution is -0.144. The molecule has 0 radical (unpaired) electrons. The highest BCUT2D eigenvalue weighted by Crippen LogP contribution is 2.41. The number of hydrogen-bond donors (Lipinski definition) is 0. The number of carbonyl (C=O) groups is 3. The van der Waals surface area contributed by atoms with Gasteiger partial charge in [-0.15, -0.1) is 0 Å². The smallest absolute Gasteiger partial charge is 0.240 e. The standard InChI is InChI=1S/C22H30N2O6/c1-28-11-10-24-20(26)14-22(21(24)27,16-6-4-7-17(12-16)29-2)13-19(25)23-9-5-8-18(15-23)30-3/h4,6-7,12,18H,5,8-11,13-15H2,1-3H3. The monoisotopic (exact) mass is 418 g/mol. The zero-order valence-corrected chi connectivity index (χ0v) is 17.9. The number of likely N-dealkylation sites (tertiary alicyclic amines) is 2. The average molecular weight is 418 g/mol. The summed E-state index contributed by atoms with van der Waals surface area (Å²) in [6.07, 6.45) is 1.64. The van der Waals surface area contributed by atoms with Crippen LogP contribution < -0.4 is 4.74 Å². The fourth-order valence-corrected chi connectivity index (χ4v) is 4.32. The maximum absolute atomic E-state index is 13.5. The number of imide groups is 1. The van der Waals surface area contributed by atoms with Crippen LogP contribution in [0.5, 0.6) is 5.75 Å². The molecule has 3 amide bonds. The summed E-state index contributed by atoms with van der Waals surface area (Å²) in [5, 5.41) is 0. The second-order valence-corrected chi connectivity index (χ2v) is 7.85. The van der Waals surface area contributed by atoms with E-state index in [9.17, 15) is 14.4 Å². The fourth-order valence-electron chi connectivity index (χ4n) is 4.32. The molecule has 164 valence electrons. The fraction of sp³-hybridized carbons (Fsp3) is 0.591. The summed E-state index contributed by atoms with van der Waals surface area (Å²) in [5.41, 5.74) is -0.620. The van der Waals surface area contributed by atoms with Crippen LogP contribution >= 0.6 is 0 Å². The molecule has 0 N–H and O–H groups in total. The van der Waals surface area contributed by atoms with Crippen molar-refractivity contribution in [3.05, 3.63) is 29.8 Å². The molecule has 1 aromatic rings. The molecule has 2 aliphatic heterocycles. The van der Waals surface area contributed by atoms with E-state index in [2.05, 4.69) is 0 Å². The Hall–Kier alpha value is -2.45. The Morgan fingerprint density at radius 1 is 1.23 bits per heavy atom. The minimum absolute atomic E-state index is 0.00502. The Bertz CT molecular complexity index is 798. The van der Waals surface area contributed by atoms with Crippen LogP contribution in [-0.4, -0.2) is 81.2 Å². The zero-order valence-electron chi connectivity index (χ0n) is 17.9. The van der Waals surface area contributed by atoms with Crippen molar-refractivity contribution in [2.45, 2.75) is 37.2 Å². The zero-order chi connectivity index (χ0) is 21.7. The van der Waals surface area contributed by atoms with Gasteiger partial charge in [-0.3, -0.25) is 19.3 Å². The normalized spacial score (nSPS) is 24.4. The van der Waals surface area contributed by atoms with Crippen molar-refractivity contribution in [2.75, 3.05) is 47.6 Å². The number of ether oxygens (including phenoxy) is 3. The second kappa shape index (κ2) is 9.57. The summed E-state index contributed by atoms with van der Waals surface area (Å²) < 4.78 is 15.8. The lowest BCUT2D eigenvalue weighted by atomic mass is 9.75. The molecular formula is C22H30N2O6. The summed E-state index contributed by atoms with van der Waals surface area (Å²) in [6.45, 7) is 1.55. The Morgan fingerprint density at radius 3 is 2.73 bits per heavy atom. The van der Waals surface area contributed by atoms with Gasteiger partial charge in [0.1, 0.15) is 5.75 Å². The van der Waals surface area contributed by atoms with Crippen LogP contribution in [0.4, 0.5) is 0 Å². The molecule has 3 rings (SSSR count). The number of amides is 3. The first kappa shape index (κ1) is 22.2. The molecule has 2 fully saturated rings. The van der Waals surface area contributed by atoms with Crippen molar-refractivity contribution in [2.24, 2.45) is 0 Å². The van der Waals surface area contributed by atoms with Crippen molar-refractivity contribution in [3.8, 4) is 5.75 Å². The van der Waals surface area contributed by atoms with Crippen molar-refractivity contribution >= 4 is 17.7 Å². The average Bonchev–Trinajstić information content (AvgIpc) is 3.02. The van der Waals surface area contributed by atoms with E-state index in [-0.39, 0.29) is 49.8 Å². The number of carbonyl (C=O) groups excluding carboxylic acids is 3. The summed E-state index contributed by atoms with van der Waals surface area (Å²) in [7, 11) is 4.71. The predicted molar refractivity (Wildman–Crippen MR) is 109 cm³/mol. The van der Waals surface area contributed by atoms with Gasteiger partial charge in [0.25, 0.3) is 0 Å². The molecule has 0 aliphatic carbocycles. The van der Waals surface area contributed by atoms with Crippen LogP contribution in [0, 0.1) is 0 Å². The second-order valence-electron chi connectivity index (χ2n) is 7.85. The quantitative estimate of drug-likeness (QED) is 0.593. The van der Waals surface area contributed by atoms with Crippen LogP contribution in [0.15, 0.2) is 24.3 Å². The van der Waals surface area contributed by atoms with Gasteiger partial charge in [0.15, 0.2) is 0 Å². The van der Waals surface area contributed by atoms with Gasteiger partial charge in [-0.25, -0.2) is 0 Å². The maximum atomic E-state index is 13.5. The van der Waals surface area contributed by atoms with E-state index >= 15 is 0 Å². The van der Waals surface area contributed by atoms with Crippen molar-refractivity contribution in [3.63, 3.8) is 0 Å². The minimum atomic E-state index is -1.24. The van der Waals surface area contributed by atoms with Gasteiger partial charge >= 0.3 is 0 Å². The van der Waals surface area contributed by atoms with Crippen molar-refractivity contribution in [1.82, 2.24) is 9.80 Å². The van der Waals surface area contributed by atoms with E-state index in [1.54, 1.807) is 43.4 Å². The number of piperidine rings is 1. The Morgan fingerprint density at radius 2 is 2.03 bits per heavy atom. The third kappa shape index (κ3) is 4.34. The van der Waals surface area contributed by atoms with E-state index in [0.717, 1.165) is 12.8 Å². The molecule has 8 heteroatoms. The van der Waals surface area contributed by atoms with E-state index in [0.29, 0.717) is 24.4 Å². The first-order valence-electron chi connectivity index (χ1n) is 10.2. The summed E-state index contributed by atoms with van der Waals surface area (Å²) in [6, 6.07) is 7.08. The topological polar surface area (TPSA) is 85.4 Å². The molecule has 0 bridgehead atoms. The SMILES string of the molecule is COCCN1C(=O)CC(CC(=O)N2CCCC(OC)C2)(c2cccc(OC)c2)C1=O. The van der Waals surface area contributed by atoms with Crippen molar-refractivity contribution < 1.29 is 28.6 Å². The molecule has 2 atom stereocenters. The van der Waals surface area contributed by atoms with E-state index in [4.69, 9.17) is 14.2 Å². The predicted octanol–water partition coefficient (Wildman–Crippen LogP) is 1.37. The molecule has 0 spiro atoms. The number of benzene rings is 1. The van der Waals surface area contributed by atoms with Gasteiger partial charge in [-0.2, -0.15) is 0 Å². The Labute approximate surface area is 177 Å². The molecule has 0 aromatic heterocycles. The van der Waals surface area contributed by atoms with Crippen LogP contribution in [-0.2, 0) is 29.3 Å². The first-order chi connectivity index (χ1) is 14.4. The maximum Gasteiger partial charge on any atom is 0.240 e. The van der Waals surface area contributed by atoms with Gasteiger partial charge in [-0.1, -0.05) is 12.1 Å². The van der Waals surface area contributed by atoms with Gasteiger partial charge in [0, 0.05) is 40.2 Å². The highest BCUT2D eigenvalue weighted by atomic mass is 16.5. The van der Waals surface area contributed by atoms with Gasteiger partial charge in [-0.05, 0) is 30.5 Å². The Kier molecular flexibility index (Phi) is 7.10. The summed E-state index contributed by atoms with van der Waals surface area (Å²) in [5.74, 6) is -0.214. The Balaban J connectivity index is 1.93. The molecule has 2 saturated heterocycles. The third-order valence-corrected chi connectivity index (χ3v) is 6.07. The van der Waals surface area contributed by atoms with Crippen LogP contribution in [0.3, 0.4) is 0 Å². The number of nitrogens with zero attached hydrogens (tertiary/aromatic N) is 2. The van der Waals surface area contributed by atoms with Gasteiger partial charge in [0.2, 0.25) is 17.7 Å². The van der Waals surface area contributed by atoms with E-state index in [1.807, 2.05) is 0 Å². The molecule has 0 saturated carbocycles. The molecular weight excluding hydrogens is 388 g/mol. The number of hydrogen-bond acceptors (Lipinski definition) is 6. The molecule has 2 heterocycles.